The van der Waals surface area contributed by atoms with Crippen LogP contribution < -0.4 is 0 Å². The molecule has 0 aliphatic heterocycles. The minimum absolute atomic E-state index is 0.382. The molecule has 0 nitrogen and oxygen atoms in total. The third kappa shape index (κ3) is 2.02. The molecule has 0 heterocycles. The molecule has 0 aromatic carbocycles. The summed E-state index contributed by atoms with van der Waals surface area (Å²) in [7, 11) is 0. The van der Waals surface area contributed by atoms with Gasteiger partial charge in [0.05, 0.1) is 0 Å². The molecule has 2 atom stereocenters. The van der Waals surface area contributed by atoms with Gasteiger partial charge < -0.3 is 0 Å². The maximum absolute atomic E-state index is 5.17. The molecule has 0 bridgehead atoms. The van der Waals surface area contributed by atoms with Crippen molar-refractivity contribution in [2.24, 2.45) is 11.8 Å². The summed E-state index contributed by atoms with van der Waals surface area (Å²) in [6.07, 6.45) is 6.11. The van der Waals surface area contributed by atoms with Gasteiger partial charge in [-0.1, -0.05) is 20.8 Å². The molecule has 0 saturated heterocycles. The van der Waals surface area contributed by atoms with Crippen LogP contribution in [0.25, 0.3) is 0 Å². The second-order valence-electron chi connectivity index (χ2n) is 2.22. The highest BCUT2D eigenvalue weighted by Gasteiger charge is 2.04. The van der Waals surface area contributed by atoms with E-state index in [2.05, 4.69) is 26.7 Å². The van der Waals surface area contributed by atoms with E-state index in [0.717, 1.165) is 6.42 Å². The molecular weight excluding hydrogens is 96.1 g/mol. The van der Waals surface area contributed by atoms with Crippen molar-refractivity contribution in [2.75, 3.05) is 0 Å². The van der Waals surface area contributed by atoms with Crippen LogP contribution in [0.1, 0.15) is 20.3 Å². The van der Waals surface area contributed by atoms with E-state index in [1.807, 2.05) is 0 Å². The second-order valence-corrected chi connectivity index (χ2v) is 2.22. The lowest BCUT2D eigenvalue weighted by molar-refractivity contribution is 0.478. The van der Waals surface area contributed by atoms with Crippen LogP contribution in [0.3, 0.4) is 0 Å². The molecule has 0 aromatic rings. The average Bonchev–Trinajstić information content (AvgIpc) is 1.84. The van der Waals surface area contributed by atoms with E-state index in [0.29, 0.717) is 11.8 Å². The van der Waals surface area contributed by atoms with Crippen LogP contribution in [0.5, 0.6) is 0 Å². The first kappa shape index (κ1) is 7.56. The Labute approximate surface area is 52.3 Å². The maximum atomic E-state index is 5.17. The zero-order valence-electron chi connectivity index (χ0n) is 5.65. The molecule has 2 unspecified atom stereocenters. The predicted molar refractivity (Wildman–Crippen MR) is 37.1 cm³/mol. The van der Waals surface area contributed by atoms with Gasteiger partial charge in [-0.05, 0) is 12.3 Å². The molecule has 0 saturated carbocycles. The second kappa shape index (κ2) is 3.55. The van der Waals surface area contributed by atoms with E-state index in [1.165, 1.54) is 0 Å². The first-order chi connectivity index (χ1) is 3.72. The van der Waals surface area contributed by atoms with Crippen LogP contribution in [-0.4, -0.2) is 0 Å². The zero-order valence-corrected chi connectivity index (χ0v) is 5.65. The van der Waals surface area contributed by atoms with Crippen molar-refractivity contribution >= 4 is 0 Å². The summed E-state index contributed by atoms with van der Waals surface area (Å²) in [5, 5.41) is 0. The normalized spacial score (nSPS) is 16.8. The summed E-state index contributed by atoms with van der Waals surface area (Å²) in [5.41, 5.74) is 0. The average molecular weight is 109 g/mol. The number of rotatable bonds is 2. The third-order valence-corrected chi connectivity index (χ3v) is 1.57. The van der Waals surface area contributed by atoms with Crippen molar-refractivity contribution in [3.05, 3.63) is 6.92 Å². The van der Waals surface area contributed by atoms with Crippen LogP contribution >= 0.6 is 0 Å². The Morgan fingerprint density at radius 1 is 1.62 bits per heavy atom. The van der Waals surface area contributed by atoms with Gasteiger partial charge in [0, 0.05) is 5.92 Å². The molecule has 8 heavy (non-hydrogen) atoms. The first-order valence-corrected chi connectivity index (χ1v) is 2.97. The Bertz CT molecular complexity index is 86.7. The van der Waals surface area contributed by atoms with Gasteiger partial charge in [0.1, 0.15) is 0 Å². The summed E-state index contributed by atoms with van der Waals surface area (Å²) in [4.78, 5) is 0. The topological polar surface area (TPSA) is 0 Å². The lowest BCUT2D eigenvalue weighted by Crippen LogP contribution is -2.02. The van der Waals surface area contributed by atoms with E-state index in [-0.39, 0.29) is 0 Å². The van der Waals surface area contributed by atoms with Gasteiger partial charge in [0.2, 0.25) is 0 Å². The lowest BCUT2D eigenvalue weighted by atomic mass is 9.95. The van der Waals surface area contributed by atoms with Gasteiger partial charge in [0.15, 0.2) is 0 Å². The molecule has 0 fully saturated rings. The largest absolute Gasteiger partial charge is 0.120 e. The van der Waals surface area contributed by atoms with E-state index < -0.39 is 0 Å². The highest BCUT2D eigenvalue weighted by Crippen LogP contribution is 2.11. The Balaban J connectivity index is 3.49. The highest BCUT2D eigenvalue weighted by atomic mass is 14.1. The molecule has 0 rings (SSSR count). The molecule has 0 aromatic heterocycles. The van der Waals surface area contributed by atoms with E-state index in [4.69, 9.17) is 6.42 Å². The maximum Gasteiger partial charge on any atom is 0.0197 e. The van der Waals surface area contributed by atoms with Crippen molar-refractivity contribution in [3.63, 3.8) is 0 Å². The van der Waals surface area contributed by atoms with Crippen molar-refractivity contribution in [1.82, 2.24) is 0 Å². The number of hydrogen-bond acceptors (Lipinski definition) is 0. The molecule has 0 N–H and O–H groups in total. The van der Waals surface area contributed by atoms with Gasteiger partial charge in [-0.25, -0.2) is 0 Å². The van der Waals surface area contributed by atoms with Gasteiger partial charge in [0.25, 0.3) is 0 Å². The molecule has 0 heteroatoms. The molecule has 0 aliphatic carbocycles. The Kier molecular flexibility index (Phi) is 3.35. The van der Waals surface area contributed by atoms with Gasteiger partial charge in [-0.2, -0.15) is 0 Å². The van der Waals surface area contributed by atoms with Crippen LogP contribution in [-0.2, 0) is 0 Å². The van der Waals surface area contributed by atoms with Gasteiger partial charge in [-0.3, -0.25) is 0 Å². The smallest absolute Gasteiger partial charge is 0.0197 e. The standard InChI is InChI=1S/C8H13/c1-5-7(3)8(4)6-2/h1,7-8H,2,6H2,3-4H3. The lowest BCUT2D eigenvalue weighted by Gasteiger charge is -2.09. The number of terminal acetylenes is 1. The van der Waals surface area contributed by atoms with Gasteiger partial charge >= 0.3 is 0 Å². The first-order valence-electron chi connectivity index (χ1n) is 2.97. The minimum atomic E-state index is 0.382. The van der Waals surface area contributed by atoms with Crippen molar-refractivity contribution < 1.29 is 0 Å². The zero-order chi connectivity index (χ0) is 6.57. The monoisotopic (exact) mass is 109 g/mol. The quantitative estimate of drug-likeness (QED) is 0.476. The fourth-order valence-electron chi connectivity index (χ4n) is 0.414. The van der Waals surface area contributed by atoms with Crippen molar-refractivity contribution in [2.45, 2.75) is 20.3 Å². The molecular formula is C8H13. The molecule has 1 radical (unpaired) electrons. The van der Waals surface area contributed by atoms with Crippen molar-refractivity contribution in [3.8, 4) is 12.3 Å². The fourth-order valence-corrected chi connectivity index (χ4v) is 0.414. The summed E-state index contributed by atoms with van der Waals surface area (Å²) in [6.45, 7) is 7.93. The summed E-state index contributed by atoms with van der Waals surface area (Å²) in [5.74, 6) is 3.63. The summed E-state index contributed by atoms with van der Waals surface area (Å²) in [6, 6.07) is 0. The minimum Gasteiger partial charge on any atom is -0.120 e. The fraction of sp³-hybridized carbons (Fsp3) is 0.625. The SMILES string of the molecule is C#CC(C)C(C)C[CH2]. The van der Waals surface area contributed by atoms with Crippen LogP contribution in [0.4, 0.5) is 0 Å². The van der Waals surface area contributed by atoms with Gasteiger partial charge in [-0.15, -0.1) is 12.3 Å². The third-order valence-electron chi connectivity index (χ3n) is 1.57. The molecule has 45 valence electrons. The van der Waals surface area contributed by atoms with Crippen LogP contribution in [0.2, 0.25) is 0 Å². The predicted octanol–water partition coefficient (Wildman–Crippen LogP) is 2.12. The van der Waals surface area contributed by atoms with Crippen LogP contribution in [0, 0.1) is 31.1 Å². The summed E-state index contributed by atoms with van der Waals surface area (Å²) < 4.78 is 0. The van der Waals surface area contributed by atoms with Crippen molar-refractivity contribution in [1.29, 1.82) is 0 Å². The van der Waals surface area contributed by atoms with E-state index in [9.17, 15) is 0 Å². The molecule has 0 spiro atoms. The number of hydrogen-bond donors (Lipinski definition) is 0. The Morgan fingerprint density at radius 2 is 2.12 bits per heavy atom. The Morgan fingerprint density at radius 3 is 2.25 bits per heavy atom. The molecule has 0 aliphatic rings. The highest BCUT2D eigenvalue weighted by molar-refractivity contribution is 4.92. The summed E-state index contributed by atoms with van der Waals surface area (Å²) >= 11 is 0. The Hall–Kier alpha value is -0.440. The van der Waals surface area contributed by atoms with E-state index in [1.54, 1.807) is 0 Å². The van der Waals surface area contributed by atoms with E-state index >= 15 is 0 Å². The van der Waals surface area contributed by atoms with Crippen LogP contribution in [0.15, 0.2) is 0 Å². The molecule has 0 amide bonds.